The van der Waals surface area contributed by atoms with Gasteiger partial charge in [-0.3, -0.25) is 9.59 Å². The number of hydrogen-bond donors (Lipinski definition) is 0. The van der Waals surface area contributed by atoms with Crippen molar-refractivity contribution in [2.75, 3.05) is 0 Å². The van der Waals surface area contributed by atoms with Gasteiger partial charge in [0, 0.05) is 24.7 Å². The topological polar surface area (TPSA) is 34.1 Å². The Hall–Kier alpha value is -1.36. The lowest BCUT2D eigenvalue weighted by molar-refractivity contribution is -0.134. The first-order valence-electron chi connectivity index (χ1n) is 9.61. The first-order valence-corrected chi connectivity index (χ1v) is 9.61. The minimum atomic E-state index is -0.115. The van der Waals surface area contributed by atoms with E-state index in [4.69, 9.17) is 6.42 Å². The Labute approximate surface area is 145 Å². The van der Waals surface area contributed by atoms with Crippen molar-refractivity contribution in [3.05, 3.63) is 11.6 Å². The Balaban J connectivity index is 1.78. The van der Waals surface area contributed by atoms with Crippen molar-refractivity contribution in [2.24, 2.45) is 34.5 Å². The molecule has 0 aliphatic heterocycles. The fourth-order valence-electron chi connectivity index (χ4n) is 6.84. The molecule has 0 N–H and O–H groups in total. The monoisotopic (exact) mass is 324 g/mol. The molecule has 3 fully saturated rings. The van der Waals surface area contributed by atoms with Gasteiger partial charge in [-0.2, -0.15) is 0 Å². The lowest BCUT2D eigenvalue weighted by Crippen LogP contribution is -2.53. The molecular weight excluding hydrogens is 296 g/mol. The van der Waals surface area contributed by atoms with Gasteiger partial charge in [0.15, 0.2) is 5.78 Å². The second-order valence-electron chi connectivity index (χ2n) is 9.13. The number of carbonyl (C=O) groups is 2. The molecule has 4 aliphatic carbocycles. The van der Waals surface area contributed by atoms with E-state index in [2.05, 4.69) is 19.8 Å². The zero-order valence-corrected chi connectivity index (χ0v) is 14.9. The Kier molecular flexibility index (Phi) is 3.57. The number of fused-ring (bicyclic) bond motifs is 5. The first-order chi connectivity index (χ1) is 11.4. The van der Waals surface area contributed by atoms with Crippen LogP contribution < -0.4 is 0 Å². The minimum Gasteiger partial charge on any atom is -0.299 e. The molecule has 2 nitrogen and oxygen atoms in total. The van der Waals surface area contributed by atoms with Crippen molar-refractivity contribution < 1.29 is 9.59 Å². The average molecular weight is 324 g/mol. The summed E-state index contributed by atoms with van der Waals surface area (Å²) < 4.78 is 0. The average Bonchev–Trinajstić information content (AvgIpc) is 2.85. The molecule has 0 heterocycles. The van der Waals surface area contributed by atoms with Crippen molar-refractivity contribution in [1.29, 1.82) is 0 Å². The van der Waals surface area contributed by atoms with E-state index in [1.165, 1.54) is 5.57 Å². The smallest absolute Gasteiger partial charge is 0.155 e. The summed E-state index contributed by atoms with van der Waals surface area (Å²) in [6, 6.07) is 0. The molecule has 0 bridgehead atoms. The minimum absolute atomic E-state index is 0.115. The summed E-state index contributed by atoms with van der Waals surface area (Å²) in [6.45, 7) is 4.60. The highest BCUT2D eigenvalue weighted by Gasteiger charge is 2.61. The van der Waals surface area contributed by atoms with Crippen LogP contribution >= 0.6 is 0 Å². The van der Waals surface area contributed by atoms with Gasteiger partial charge < -0.3 is 0 Å². The van der Waals surface area contributed by atoms with Gasteiger partial charge in [-0.05, 0) is 67.3 Å². The normalized spacial score (nSPS) is 47.3. The van der Waals surface area contributed by atoms with Gasteiger partial charge in [-0.25, -0.2) is 0 Å². The van der Waals surface area contributed by atoms with Crippen LogP contribution in [-0.4, -0.2) is 11.6 Å². The zero-order chi connectivity index (χ0) is 17.1. The molecule has 0 amide bonds. The molecule has 6 atom stereocenters. The van der Waals surface area contributed by atoms with Gasteiger partial charge in [-0.1, -0.05) is 19.4 Å². The van der Waals surface area contributed by atoms with Crippen LogP contribution in [0.3, 0.4) is 0 Å². The molecule has 4 aliphatic rings. The van der Waals surface area contributed by atoms with E-state index in [0.29, 0.717) is 35.9 Å². The number of ketones is 2. The molecule has 0 aromatic heterocycles. The third kappa shape index (κ3) is 2.03. The third-order valence-electron chi connectivity index (χ3n) is 8.23. The highest BCUT2D eigenvalue weighted by molar-refractivity contribution is 5.91. The van der Waals surface area contributed by atoms with Crippen molar-refractivity contribution in [1.82, 2.24) is 0 Å². The standard InChI is InChI=1S/C22H28O2/c1-4-5-14-12-15-13-16(23)8-10-21(15,2)18-9-11-22(3)17(20(14)18)6-7-19(22)24/h1,13-14,17-18,20H,5-12H2,2-3H3/t14?,17-,18+,20-,21-,22-/m0/s1. The molecule has 0 aromatic carbocycles. The van der Waals surface area contributed by atoms with Gasteiger partial charge in [0.2, 0.25) is 0 Å². The van der Waals surface area contributed by atoms with E-state index in [1.807, 2.05) is 6.08 Å². The van der Waals surface area contributed by atoms with Gasteiger partial charge in [-0.15, -0.1) is 12.3 Å². The maximum absolute atomic E-state index is 12.6. The predicted molar refractivity (Wildman–Crippen MR) is 94.0 cm³/mol. The van der Waals surface area contributed by atoms with Gasteiger partial charge in [0.05, 0.1) is 0 Å². The van der Waals surface area contributed by atoms with E-state index in [-0.39, 0.29) is 16.6 Å². The largest absolute Gasteiger partial charge is 0.299 e. The Morgan fingerprint density at radius 3 is 2.62 bits per heavy atom. The number of Topliss-reactive ketones (excluding diaryl/α,β-unsaturated/α-hetero) is 1. The van der Waals surface area contributed by atoms with Gasteiger partial charge in [0.25, 0.3) is 0 Å². The molecule has 1 unspecified atom stereocenters. The summed E-state index contributed by atoms with van der Waals surface area (Å²) in [5.74, 6) is 5.76. The molecule has 0 aromatic rings. The van der Waals surface area contributed by atoms with Gasteiger partial charge in [0.1, 0.15) is 5.78 Å². The lowest BCUT2D eigenvalue weighted by Gasteiger charge is -2.59. The summed E-state index contributed by atoms with van der Waals surface area (Å²) >= 11 is 0. The molecule has 0 radical (unpaired) electrons. The predicted octanol–water partition coefficient (Wildman–Crippen LogP) is 4.34. The van der Waals surface area contributed by atoms with Crippen LogP contribution in [0.1, 0.15) is 65.2 Å². The highest BCUT2D eigenvalue weighted by atomic mass is 16.1. The summed E-state index contributed by atoms with van der Waals surface area (Å²) in [7, 11) is 0. The van der Waals surface area contributed by atoms with Crippen LogP contribution in [0.2, 0.25) is 0 Å². The van der Waals surface area contributed by atoms with Gasteiger partial charge >= 0.3 is 0 Å². The van der Waals surface area contributed by atoms with E-state index in [1.54, 1.807) is 0 Å². The molecular formula is C22H28O2. The number of rotatable bonds is 1. The van der Waals surface area contributed by atoms with Crippen molar-refractivity contribution in [3.8, 4) is 12.3 Å². The van der Waals surface area contributed by atoms with Crippen LogP contribution in [0.15, 0.2) is 11.6 Å². The molecule has 2 heteroatoms. The highest BCUT2D eigenvalue weighted by Crippen LogP contribution is 2.66. The Morgan fingerprint density at radius 2 is 1.88 bits per heavy atom. The van der Waals surface area contributed by atoms with Crippen LogP contribution in [-0.2, 0) is 9.59 Å². The molecule has 24 heavy (non-hydrogen) atoms. The van der Waals surface area contributed by atoms with Crippen molar-refractivity contribution in [2.45, 2.75) is 65.2 Å². The molecule has 128 valence electrons. The van der Waals surface area contributed by atoms with E-state index < -0.39 is 0 Å². The maximum Gasteiger partial charge on any atom is 0.155 e. The number of allylic oxidation sites excluding steroid dienone is 1. The van der Waals surface area contributed by atoms with Crippen LogP contribution in [0.5, 0.6) is 0 Å². The summed E-state index contributed by atoms with van der Waals surface area (Å²) in [5.41, 5.74) is 1.39. The quantitative estimate of drug-likeness (QED) is 0.673. The SMILES string of the molecule is C#CCC1CC2=CC(=O)CC[C@]2(C)[C@@H]2CC[C@]3(C)C(=O)CC[C@H]3[C@H]12. The fourth-order valence-corrected chi connectivity index (χ4v) is 6.84. The summed E-state index contributed by atoms with van der Waals surface area (Å²) in [5, 5.41) is 0. The molecule has 0 spiro atoms. The van der Waals surface area contributed by atoms with Crippen molar-refractivity contribution in [3.63, 3.8) is 0 Å². The second-order valence-corrected chi connectivity index (χ2v) is 9.13. The Bertz CT molecular complexity index is 666. The lowest BCUT2D eigenvalue weighted by atomic mass is 9.45. The second kappa shape index (κ2) is 5.32. The number of terminal acetylenes is 1. The summed E-state index contributed by atoms with van der Waals surface area (Å²) in [6.07, 6.45) is 15.0. The molecule has 3 saturated carbocycles. The van der Waals surface area contributed by atoms with E-state index in [9.17, 15) is 9.59 Å². The summed E-state index contributed by atoms with van der Waals surface area (Å²) in [4.78, 5) is 24.6. The Morgan fingerprint density at radius 1 is 1.12 bits per heavy atom. The van der Waals surface area contributed by atoms with Crippen molar-refractivity contribution >= 4 is 11.6 Å². The number of carbonyl (C=O) groups excluding carboxylic acids is 2. The van der Waals surface area contributed by atoms with Crippen LogP contribution in [0.4, 0.5) is 0 Å². The number of hydrogen-bond acceptors (Lipinski definition) is 2. The zero-order valence-electron chi connectivity index (χ0n) is 14.9. The fraction of sp³-hybridized carbons (Fsp3) is 0.727. The van der Waals surface area contributed by atoms with E-state index >= 15 is 0 Å². The van der Waals surface area contributed by atoms with Crippen LogP contribution in [0.25, 0.3) is 0 Å². The molecule has 0 saturated heterocycles. The maximum atomic E-state index is 12.6. The first kappa shape index (κ1) is 16.1. The van der Waals surface area contributed by atoms with Crippen LogP contribution in [0, 0.1) is 46.8 Å². The molecule has 4 rings (SSSR count). The third-order valence-corrected chi connectivity index (χ3v) is 8.23. The van der Waals surface area contributed by atoms with E-state index in [0.717, 1.165) is 44.9 Å².